The molecular weight excluding hydrogens is 401 g/mol. The number of amides is 2. The molecule has 1 aliphatic rings. The topological polar surface area (TPSA) is 71.1 Å². The number of carbonyl (C=O) groups is 2. The molecule has 3 rings (SSSR count). The molecule has 0 atom stereocenters. The van der Waals surface area contributed by atoms with Crippen LogP contribution in [0.15, 0.2) is 18.2 Å². The van der Waals surface area contributed by atoms with Gasteiger partial charge in [-0.1, -0.05) is 11.6 Å². The van der Waals surface area contributed by atoms with Gasteiger partial charge < -0.3 is 10.6 Å². The first kappa shape index (κ1) is 20.7. The van der Waals surface area contributed by atoms with Crippen LogP contribution in [0, 0.1) is 5.82 Å². The molecule has 2 aromatic rings. The quantitative estimate of drug-likeness (QED) is 0.636. The number of hydrogen-bond acceptors (Lipinski definition) is 4. The van der Waals surface area contributed by atoms with E-state index >= 15 is 0 Å². The van der Waals surface area contributed by atoms with Crippen LogP contribution in [-0.4, -0.2) is 29.9 Å². The van der Waals surface area contributed by atoms with Gasteiger partial charge in [0, 0.05) is 30.8 Å². The summed E-state index contributed by atoms with van der Waals surface area (Å²) in [6.07, 6.45) is 6.63. The van der Waals surface area contributed by atoms with Crippen molar-refractivity contribution < 1.29 is 14.0 Å². The number of thiazole rings is 1. The van der Waals surface area contributed by atoms with Crippen molar-refractivity contribution in [3.05, 3.63) is 50.2 Å². The SMILES string of the molecule is O=C(CCNC(=O)c1ccc(F)cc1Cl)NCCCc1nc2c(s1)CCCC2. The molecule has 0 aliphatic heterocycles. The molecule has 0 saturated heterocycles. The maximum absolute atomic E-state index is 13.0. The maximum atomic E-state index is 13.0. The van der Waals surface area contributed by atoms with Gasteiger partial charge >= 0.3 is 0 Å². The van der Waals surface area contributed by atoms with Crippen molar-refractivity contribution in [3.8, 4) is 0 Å². The lowest BCUT2D eigenvalue weighted by Gasteiger charge is -2.07. The molecule has 5 nitrogen and oxygen atoms in total. The van der Waals surface area contributed by atoms with Crippen molar-refractivity contribution in [1.82, 2.24) is 15.6 Å². The van der Waals surface area contributed by atoms with Crippen molar-refractivity contribution in [2.75, 3.05) is 13.1 Å². The summed E-state index contributed by atoms with van der Waals surface area (Å²) in [5.74, 6) is -1.05. The number of fused-ring (bicyclic) bond motifs is 1. The standard InChI is InChI=1S/C20H23ClFN3O2S/c21-15-12-13(22)7-8-14(15)20(27)24-11-9-18(26)23-10-3-6-19-25-16-4-1-2-5-17(16)28-19/h7-8,12H,1-6,9-11H2,(H,23,26)(H,24,27). The Balaban J connectivity index is 1.31. The molecule has 0 bridgehead atoms. The fourth-order valence-electron chi connectivity index (χ4n) is 3.13. The molecule has 2 amide bonds. The molecule has 150 valence electrons. The summed E-state index contributed by atoms with van der Waals surface area (Å²) in [7, 11) is 0. The van der Waals surface area contributed by atoms with E-state index in [-0.39, 0.29) is 29.5 Å². The van der Waals surface area contributed by atoms with Gasteiger partial charge in [0.1, 0.15) is 5.82 Å². The lowest BCUT2D eigenvalue weighted by Crippen LogP contribution is -2.31. The minimum atomic E-state index is -0.501. The highest BCUT2D eigenvalue weighted by Gasteiger charge is 2.15. The van der Waals surface area contributed by atoms with Crippen molar-refractivity contribution in [3.63, 3.8) is 0 Å². The Morgan fingerprint density at radius 1 is 1.18 bits per heavy atom. The summed E-state index contributed by atoms with van der Waals surface area (Å²) in [6.45, 7) is 0.776. The lowest BCUT2D eigenvalue weighted by molar-refractivity contribution is -0.120. The number of rotatable bonds is 8. The minimum absolute atomic E-state index is 0.0471. The van der Waals surface area contributed by atoms with Crippen LogP contribution in [0.25, 0.3) is 0 Å². The highest BCUT2D eigenvalue weighted by atomic mass is 35.5. The van der Waals surface area contributed by atoms with E-state index in [2.05, 4.69) is 10.6 Å². The van der Waals surface area contributed by atoms with Crippen LogP contribution in [0.4, 0.5) is 4.39 Å². The Bertz CT molecular complexity index is 832. The fraction of sp³-hybridized carbons (Fsp3) is 0.450. The molecule has 2 N–H and O–H groups in total. The zero-order valence-electron chi connectivity index (χ0n) is 15.5. The van der Waals surface area contributed by atoms with Gasteiger partial charge in [-0.3, -0.25) is 9.59 Å². The fourth-order valence-corrected chi connectivity index (χ4v) is 4.58. The Morgan fingerprint density at radius 3 is 2.79 bits per heavy atom. The van der Waals surface area contributed by atoms with E-state index < -0.39 is 11.7 Å². The average molecular weight is 424 g/mol. The number of nitrogens with zero attached hydrogens (tertiary/aromatic N) is 1. The number of aromatic nitrogens is 1. The van der Waals surface area contributed by atoms with Gasteiger partial charge in [0.25, 0.3) is 5.91 Å². The zero-order valence-corrected chi connectivity index (χ0v) is 17.1. The first-order valence-corrected chi connectivity index (χ1v) is 10.7. The van der Waals surface area contributed by atoms with Gasteiger partial charge in [-0.2, -0.15) is 0 Å². The van der Waals surface area contributed by atoms with Crippen molar-refractivity contribution >= 4 is 34.8 Å². The van der Waals surface area contributed by atoms with Crippen LogP contribution >= 0.6 is 22.9 Å². The summed E-state index contributed by atoms with van der Waals surface area (Å²) in [5.41, 5.74) is 1.46. The van der Waals surface area contributed by atoms with Crippen LogP contribution in [0.5, 0.6) is 0 Å². The van der Waals surface area contributed by atoms with Gasteiger partial charge in [0.15, 0.2) is 0 Å². The third-order valence-corrected chi connectivity index (χ3v) is 6.12. The first-order chi connectivity index (χ1) is 13.5. The molecule has 28 heavy (non-hydrogen) atoms. The van der Waals surface area contributed by atoms with Crippen LogP contribution in [0.3, 0.4) is 0 Å². The van der Waals surface area contributed by atoms with Gasteiger partial charge in [-0.05, 0) is 50.3 Å². The smallest absolute Gasteiger partial charge is 0.252 e. The molecule has 0 radical (unpaired) electrons. The third-order valence-electron chi connectivity index (χ3n) is 4.59. The molecular formula is C20H23ClFN3O2S. The number of halogens is 2. The zero-order chi connectivity index (χ0) is 19.9. The highest BCUT2D eigenvalue weighted by Crippen LogP contribution is 2.27. The Labute approximate surface area is 172 Å². The molecule has 0 saturated carbocycles. The van der Waals surface area contributed by atoms with E-state index in [1.165, 1.54) is 35.5 Å². The second kappa shape index (κ2) is 9.98. The number of hydrogen-bond donors (Lipinski definition) is 2. The lowest BCUT2D eigenvalue weighted by atomic mass is 10.0. The molecule has 0 fully saturated rings. The van der Waals surface area contributed by atoms with E-state index in [0.29, 0.717) is 6.54 Å². The highest BCUT2D eigenvalue weighted by molar-refractivity contribution is 7.11. The number of carbonyl (C=O) groups excluding carboxylic acids is 2. The summed E-state index contributed by atoms with van der Waals surface area (Å²) >= 11 is 7.66. The largest absolute Gasteiger partial charge is 0.356 e. The number of benzene rings is 1. The molecule has 1 aromatic carbocycles. The number of aryl methyl sites for hydroxylation is 3. The van der Waals surface area contributed by atoms with Crippen molar-refractivity contribution in [1.29, 1.82) is 0 Å². The summed E-state index contributed by atoms with van der Waals surface area (Å²) < 4.78 is 13.0. The van der Waals surface area contributed by atoms with Crippen molar-refractivity contribution in [2.24, 2.45) is 0 Å². The van der Waals surface area contributed by atoms with Crippen LogP contribution < -0.4 is 10.6 Å². The molecule has 1 aromatic heterocycles. The Morgan fingerprint density at radius 2 is 2.00 bits per heavy atom. The molecule has 1 heterocycles. The normalized spacial score (nSPS) is 13.1. The molecule has 0 unspecified atom stereocenters. The summed E-state index contributed by atoms with van der Waals surface area (Å²) in [6, 6.07) is 3.58. The predicted molar refractivity (Wildman–Crippen MR) is 108 cm³/mol. The van der Waals surface area contributed by atoms with Crippen LogP contribution in [0.1, 0.15) is 51.6 Å². The van der Waals surface area contributed by atoms with E-state index in [4.69, 9.17) is 16.6 Å². The molecule has 0 spiro atoms. The average Bonchev–Trinajstić information content (AvgIpc) is 3.08. The van der Waals surface area contributed by atoms with Gasteiger partial charge in [-0.15, -0.1) is 11.3 Å². The Kier molecular flexibility index (Phi) is 7.39. The maximum Gasteiger partial charge on any atom is 0.252 e. The molecule has 1 aliphatic carbocycles. The monoisotopic (exact) mass is 423 g/mol. The van der Waals surface area contributed by atoms with Gasteiger partial charge in [0.2, 0.25) is 5.91 Å². The number of nitrogens with one attached hydrogen (secondary N) is 2. The van der Waals surface area contributed by atoms with Crippen molar-refractivity contribution in [2.45, 2.75) is 44.9 Å². The summed E-state index contributed by atoms with van der Waals surface area (Å²) in [5, 5.41) is 6.68. The van der Waals surface area contributed by atoms with Gasteiger partial charge in [-0.25, -0.2) is 9.37 Å². The third kappa shape index (κ3) is 5.75. The van der Waals surface area contributed by atoms with Crippen LogP contribution in [-0.2, 0) is 24.1 Å². The van der Waals surface area contributed by atoms with E-state index in [1.54, 1.807) is 11.3 Å². The molecule has 8 heteroatoms. The minimum Gasteiger partial charge on any atom is -0.356 e. The second-order valence-corrected chi connectivity index (χ2v) is 8.34. The van der Waals surface area contributed by atoms with Gasteiger partial charge in [0.05, 0.1) is 21.3 Å². The summed E-state index contributed by atoms with van der Waals surface area (Å²) in [4.78, 5) is 30.0. The predicted octanol–water partition coefficient (Wildman–Crippen LogP) is 3.68. The first-order valence-electron chi connectivity index (χ1n) is 9.50. The van der Waals surface area contributed by atoms with Crippen LogP contribution in [0.2, 0.25) is 5.02 Å². The Hall–Kier alpha value is -1.99. The van der Waals surface area contributed by atoms with E-state index in [1.807, 2.05) is 0 Å². The van der Waals surface area contributed by atoms with E-state index in [9.17, 15) is 14.0 Å². The second-order valence-electron chi connectivity index (χ2n) is 6.77. The van der Waals surface area contributed by atoms with E-state index in [0.717, 1.165) is 36.8 Å².